The maximum Gasteiger partial charge on any atom is 0.336 e. The van der Waals surface area contributed by atoms with Crippen molar-refractivity contribution >= 4 is 34.2 Å². The first kappa shape index (κ1) is 21.8. The smallest absolute Gasteiger partial charge is 0.336 e. The second-order valence-electron chi connectivity index (χ2n) is 7.48. The fourth-order valence-electron chi connectivity index (χ4n) is 3.29. The lowest BCUT2D eigenvalue weighted by atomic mass is 9.95. The molecule has 0 bridgehead atoms. The molecule has 3 aromatic rings. The van der Waals surface area contributed by atoms with Gasteiger partial charge in [0.05, 0.1) is 0 Å². The van der Waals surface area contributed by atoms with Crippen LogP contribution in [0.1, 0.15) is 59.7 Å². The molecule has 1 amide bonds. The van der Waals surface area contributed by atoms with Crippen molar-refractivity contribution in [3.05, 3.63) is 67.7 Å². The molecular weight excluding hydrogens is 402 g/mol. The van der Waals surface area contributed by atoms with E-state index in [1.807, 2.05) is 24.4 Å². The minimum atomic E-state index is -0.471. The highest BCUT2D eigenvalue weighted by molar-refractivity contribution is 7.08. The van der Waals surface area contributed by atoms with E-state index in [1.165, 1.54) is 17.4 Å². The molecule has 3 rings (SSSR count). The van der Waals surface area contributed by atoms with Gasteiger partial charge in [-0.05, 0) is 54.0 Å². The molecule has 0 radical (unpaired) electrons. The molecule has 158 valence electrons. The van der Waals surface area contributed by atoms with Crippen LogP contribution < -0.4 is 10.9 Å². The minimum Gasteiger partial charge on any atom is -0.461 e. The molecule has 1 N–H and O–H groups in total. The Labute approximate surface area is 178 Å². The fourth-order valence-corrected chi connectivity index (χ4v) is 3.93. The lowest BCUT2D eigenvalue weighted by Gasteiger charge is -2.13. The van der Waals surface area contributed by atoms with Gasteiger partial charge < -0.3 is 14.5 Å². The van der Waals surface area contributed by atoms with Crippen molar-refractivity contribution in [3.63, 3.8) is 0 Å². The highest BCUT2D eigenvalue weighted by atomic mass is 32.1. The van der Waals surface area contributed by atoms with E-state index in [0.29, 0.717) is 35.6 Å². The van der Waals surface area contributed by atoms with Crippen LogP contribution in [0.2, 0.25) is 0 Å². The second-order valence-corrected chi connectivity index (χ2v) is 8.26. The zero-order valence-corrected chi connectivity index (χ0v) is 18.1. The van der Waals surface area contributed by atoms with Gasteiger partial charge in [-0.1, -0.05) is 13.8 Å². The van der Waals surface area contributed by atoms with Gasteiger partial charge in [0, 0.05) is 40.9 Å². The van der Waals surface area contributed by atoms with E-state index in [1.54, 1.807) is 11.4 Å². The Morgan fingerprint density at radius 2 is 2.03 bits per heavy atom. The summed E-state index contributed by atoms with van der Waals surface area (Å²) in [7, 11) is 0. The molecule has 6 nitrogen and oxygen atoms in total. The number of ether oxygens (including phenoxy) is 1. The Hall–Kier alpha value is -2.93. The lowest BCUT2D eigenvalue weighted by Crippen LogP contribution is -2.24. The number of amides is 1. The molecule has 7 heteroatoms. The number of carbonyl (C=O) groups excluding carboxylic acids is 2. The third-order valence-corrected chi connectivity index (χ3v) is 5.54. The summed E-state index contributed by atoms with van der Waals surface area (Å²) in [6, 6.07) is 6.98. The molecule has 1 aromatic carbocycles. The van der Waals surface area contributed by atoms with Gasteiger partial charge in [0.1, 0.15) is 12.2 Å². The van der Waals surface area contributed by atoms with Crippen molar-refractivity contribution in [2.75, 3.05) is 6.54 Å². The van der Waals surface area contributed by atoms with Gasteiger partial charge in [0.25, 0.3) is 5.91 Å². The summed E-state index contributed by atoms with van der Waals surface area (Å²) in [5, 5.41) is 7.16. The molecule has 0 atom stereocenters. The summed E-state index contributed by atoms with van der Waals surface area (Å²) in [4.78, 5) is 35.9. The standard InChI is InChI=1S/C23H25NO5S/c1-14(2)18-11-19-17(10-22(26)29-20(19)9-15(18)3)12-28-21(25)5-4-7-24-23(27)16-6-8-30-13-16/h6,8-11,13-14H,4-5,7,12H2,1-3H3,(H,24,27). The van der Waals surface area contributed by atoms with E-state index in [2.05, 4.69) is 19.2 Å². The molecule has 0 aliphatic heterocycles. The molecular formula is C23H25NO5S. The summed E-state index contributed by atoms with van der Waals surface area (Å²) >= 11 is 1.46. The van der Waals surface area contributed by atoms with Crippen molar-refractivity contribution in [2.24, 2.45) is 0 Å². The predicted octanol–water partition coefficient (Wildman–Crippen LogP) is 4.54. The maximum absolute atomic E-state index is 12.1. The van der Waals surface area contributed by atoms with Gasteiger partial charge in [-0.2, -0.15) is 11.3 Å². The summed E-state index contributed by atoms with van der Waals surface area (Å²) < 4.78 is 10.7. The average Bonchev–Trinajstić information content (AvgIpc) is 3.23. The number of hydrogen-bond acceptors (Lipinski definition) is 6. The highest BCUT2D eigenvalue weighted by Gasteiger charge is 2.13. The SMILES string of the molecule is Cc1cc2oc(=O)cc(COC(=O)CCCNC(=O)c3ccsc3)c2cc1C(C)C. The molecule has 0 saturated carbocycles. The van der Waals surface area contributed by atoms with Gasteiger partial charge in [-0.25, -0.2) is 4.79 Å². The normalized spacial score (nSPS) is 11.1. The largest absolute Gasteiger partial charge is 0.461 e. The van der Waals surface area contributed by atoms with Gasteiger partial charge in [-0.3, -0.25) is 9.59 Å². The van der Waals surface area contributed by atoms with Crippen LogP contribution in [0.3, 0.4) is 0 Å². The third kappa shape index (κ3) is 5.36. The zero-order chi connectivity index (χ0) is 21.7. The van der Waals surface area contributed by atoms with Crippen molar-refractivity contribution in [1.29, 1.82) is 0 Å². The van der Waals surface area contributed by atoms with E-state index >= 15 is 0 Å². The first-order chi connectivity index (χ1) is 14.3. The molecule has 0 fully saturated rings. The molecule has 2 aromatic heterocycles. The van der Waals surface area contributed by atoms with E-state index in [9.17, 15) is 14.4 Å². The van der Waals surface area contributed by atoms with Crippen LogP contribution in [-0.2, 0) is 16.1 Å². The van der Waals surface area contributed by atoms with Crippen molar-refractivity contribution < 1.29 is 18.7 Å². The Morgan fingerprint density at radius 3 is 2.73 bits per heavy atom. The molecule has 0 aliphatic rings. The second kappa shape index (κ2) is 9.71. The quantitative estimate of drug-likeness (QED) is 0.324. The van der Waals surface area contributed by atoms with Crippen LogP contribution in [0.5, 0.6) is 0 Å². The van der Waals surface area contributed by atoms with Crippen LogP contribution in [-0.4, -0.2) is 18.4 Å². The van der Waals surface area contributed by atoms with Gasteiger partial charge in [0.15, 0.2) is 0 Å². The van der Waals surface area contributed by atoms with Crippen LogP contribution in [0.25, 0.3) is 11.0 Å². The zero-order valence-electron chi connectivity index (χ0n) is 17.3. The number of hydrogen-bond donors (Lipinski definition) is 1. The van der Waals surface area contributed by atoms with Crippen molar-refractivity contribution in [2.45, 2.75) is 46.1 Å². The first-order valence-electron chi connectivity index (χ1n) is 9.88. The third-order valence-electron chi connectivity index (χ3n) is 4.85. The number of rotatable bonds is 8. The monoisotopic (exact) mass is 427 g/mol. The van der Waals surface area contributed by atoms with Crippen LogP contribution in [0.4, 0.5) is 0 Å². The van der Waals surface area contributed by atoms with Crippen LogP contribution in [0.15, 0.2) is 44.2 Å². The minimum absolute atomic E-state index is 0.00277. The number of aryl methyl sites for hydroxylation is 1. The predicted molar refractivity (Wildman–Crippen MR) is 117 cm³/mol. The van der Waals surface area contributed by atoms with Crippen LogP contribution in [0, 0.1) is 6.92 Å². The summed E-state index contributed by atoms with van der Waals surface area (Å²) in [6.07, 6.45) is 0.655. The number of esters is 1. The molecule has 0 aliphatic carbocycles. The Kier molecular flexibility index (Phi) is 7.05. The average molecular weight is 428 g/mol. The van der Waals surface area contributed by atoms with Crippen LogP contribution >= 0.6 is 11.3 Å². The Balaban J connectivity index is 1.58. The van der Waals surface area contributed by atoms with Gasteiger partial charge in [-0.15, -0.1) is 0 Å². The number of nitrogens with one attached hydrogen (secondary N) is 1. The highest BCUT2D eigenvalue weighted by Crippen LogP contribution is 2.27. The number of fused-ring (bicyclic) bond motifs is 1. The van der Waals surface area contributed by atoms with Gasteiger partial charge in [0.2, 0.25) is 0 Å². The molecule has 2 heterocycles. The maximum atomic E-state index is 12.1. The van der Waals surface area contributed by atoms with Crippen molar-refractivity contribution in [3.8, 4) is 0 Å². The number of benzene rings is 1. The molecule has 0 spiro atoms. The fraction of sp³-hybridized carbons (Fsp3) is 0.348. The Morgan fingerprint density at radius 1 is 1.23 bits per heavy atom. The molecule has 0 saturated heterocycles. The summed E-state index contributed by atoms with van der Waals surface area (Å²) in [6.45, 7) is 6.58. The van der Waals surface area contributed by atoms with E-state index in [0.717, 1.165) is 16.5 Å². The Bertz CT molecular complexity index is 1100. The lowest BCUT2D eigenvalue weighted by molar-refractivity contribution is -0.145. The van der Waals surface area contributed by atoms with E-state index < -0.39 is 5.63 Å². The number of carbonyl (C=O) groups is 2. The molecule has 0 unspecified atom stereocenters. The van der Waals surface area contributed by atoms with Crippen molar-refractivity contribution in [1.82, 2.24) is 5.32 Å². The van der Waals surface area contributed by atoms with E-state index in [4.69, 9.17) is 9.15 Å². The summed E-state index contributed by atoms with van der Waals surface area (Å²) in [5.74, 6) is -0.207. The summed E-state index contributed by atoms with van der Waals surface area (Å²) in [5.41, 5.74) is 3.48. The number of thiophene rings is 1. The topological polar surface area (TPSA) is 85.6 Å². The van der Waals surface area contributed by atoms with Gasteiger partial charge >= 0.3 is 11.6 Å². The van der Waals surface area contributed by atoms with E-state index in [-0.39, 0.29) is 24.9 Å². The molecule has 30 heavy (non-hydrogen) atoms. The first-order valence-corrected chi connectivity index (χ1v) is 10.8.